The first-order chi connectivity index (χ1) is 14.5. The van der Waals surface area contributed by atoms with Crippen molar-refractivity contribution in [1.82, 2.24) is 10.2 Å². The number of amides is 2. The normalized spacial score (nSPS) is 14.9. The number of benzene rings is 2. The molecule has 1 N–H and O–H groups in total. The monoisotopic (exact) mass is 432 g/mol. The first-order valence-electron chi connectivity index (χ1n) is 10.2. The largest absolute Gasteiger partial charge is 0.481 e. The fourth-order valence-corrected chi connectivity index (χ4v) is 3.76. The second-order valence-corrected chi connectivity index (χ2v) is 7.91. The highest BCUT2D eigenvalue weighted by molar-refractivity contribution is 6.31. The van der Waals surface area contributed by atoms with Crippen LogP contribution in [0.2, 0.25) is 5.02 Å². The number of halogens is 2. The Kier molecular flexibility index (Phi) is 7.69. The molecule has 2 aromatic carbocycles. The molecular formula is C23H26ClFN2O3. The Labute approximate surface area is 181 Å². The van der Waals surface area contributed by atoms with Crippen LogP contribution < -0.4 is 10.1 Å². The van der Waals surface area contributed by atoms with Gasteiger partial charge >= 0.3 is 0 Å². The summed E-state index contributed by atoms with van der Waals surface area (Å²) in [5, 5.41) is 3.54. The number of para-hydroxylation sites is 1. The summed E-state index contributed by atoms with van der Waals surface area (Å²) in [6, 6.07) is 12.5. The minimum Gasteiger partial charge on any atom is -0.481 e. The predicted molar refractivity (Wildman–Crippen MR) is 114 cm³/mol. The molecule has 1 aliphatic carbocycles. The molecule has 1 aliphatic rings. The van der Waals surface area contributed by atoms with Crippen LogP contribution in [0.5, 0.6) is 5.75 Å². The number of ether oxygens (including phenoxy) is 1. The Morgan fingerprint density at radius 3 is 2.53 bits per heavy atom. The molecule has 0 heterocycles. The van der Waals surface area contributed by atoms with E-state index in [-0.39, 0.29) is 30.9 Å². The molecule has 0 aromatic heterocycles. The van der Waals surface area contributed by atoms with Gasteiger partial charge in [-0.1, -0.05) is 54.8 Å². The van der Waals surface area contributed by atoms with Gasteiger partial charge in [0, 0.05) is 17.6 Å². The molecule has 7 heteroatoms. The number of carbonyl (C=O) groups is 2. The lowest BCUT2D eigenvalue weighted by molar-refractivity contribution is -0.142. The van der Waals surface area contributed by atoms with Crippen LogP contribution in [0.15, 0.2) is 48.5 Å². The lowest BCUT2D eigenvalue weighted by Crippen LogP contribution is -2.50. The van der Waals surface area contributed by atoms with Crippen LogP contribution in [0.3, 0.4) is 0 Å². The van der Waals surface area contributed by atoms with Crippen LogP contribution in [0.25, 0.3) is 0 Å². The van der Waals surface area contributed by atoms with Gasteiger partial charge < -0.3 is 15.0 Å². The quantitative estimate of drug-likeness (QED) is 0.675. The van der Waals surface area contributed by atoms with Crippen molar-refractivity contribution in [2.45, 2.75) is 51.2 Å². The molecule has 2 amide bonds. The molecule has 1 atom stereocenters. The van der Waals surface area contributed by atoms with Gasteiger partial charge in [-0.2, -0.15) is 0 Å². The number of nitrogens with one attached hydrogen (secondary N) is 1. The minimum absolute atomic E-state index is 0.00777. The molecule has 0 saturated heterocycles. The molecule has 30 heavy (non-hydrogen) atoms. The number of hydrogen-bond donors (Lipinski definition) is 1. The molecule has 160 valence electrons. The van der Waals surface area contributed by atoms with Crippen LogP contribution in [0.4, 0.5) is 4.39 Å². The Morgan fingerprint density at radius 2 is 1.83 bits per heavy atom. The van der Waals surface area contributed by atoms with E-state index in [0.717, 1.165) is 31.2 Å². The Morgan fingerprint density at radius 1 is 1.17 bits per heavy atom. The summed E-state index contributed by atoms with van der Waals surface area (Å²) < 4.78 is 19.2. The van der Waals surface area contributed by atoms with Crippen molar-refractivity contribution >= 4 is 23.4 Å². The molecule has 0 bridgehead atoms. The van der Waals surface area contributed by atoms with Crippen molar-refractivity contribution in [1.29, 1.82) is 0 Å². The zero-order valence-electron chi connectivity index (χ0n) is 16.9. The summed E-state index contributed by atoms with van der Waals surface area (Å²) in [6.45, 7) is 1.45. The van der Waals surface area contributed by atoms with Crippen LogP contribution in [-0.2, 0) is 16.1 Å². The van der Waals surface area contributed by atoms with E-state index in [1.807, 2.05) is 12.1 Å². The minimum atomic E-state index is -0.724. The van der Waals surface area contributed by atoms with Gasteiger partial charge in [-0.15, -0.1) is 0 Å². The third-order valence-electron chi connectivity index (χ3n) is 5.36. The number of hydrogen-bond acceptors (Lipinski definition) is 3. The van der Waals surface area contributed by atoms with E-state index < -0.39 is 17.8 Å². The molecule has 2 aromatic rings. The zero-order chi connectivity index (χ0) is 21.5. The summed E-state index contributed by atoms with van der Waals surface area (Å²) >= 11 is 6.27. The first kappa shape index (κ1) is 22.1. The van der Waals surface area contributed by atoms with E-state index in [0.29, 0.717) is 5.02 Å². The van der Waals surface area contributed by atoms with Crippen LogP contribution in [0, 0.1) is 5.82 Å². The average Bonchev–Trinajstić information content (AvgIpc) is 3.25. The first-order valence-corrected chi connectivity index (χ1v) is 10.5. The fraction of sp³-hybridized carbons (Fsp3) is 0.391. The molecule has 0 radical (unpaired) electrons. The van der Waals surface area contributed by atoms with Gasteiger partial charge in [-0.05, 0) is 43.5 Å². The van der Waals surface area contributed by atoms with Gasteiger partial charge in [0.2, 0.25) is 5.91 Å². The maximum absolute atomic E-state index is 13.8. The number of carbonyl (C=O) groups excluding carboxylic acids is 2. The van der Waals surface area contributed by atoms with Crippen LogP contribution >= 0.6 is 11.6 Å². The zero-order valence-corrected chi connectivity index (χ0v) is 17.7. The molecular weight excluding hydrogens is 407 g/mol. The molecule has 3 rings (SSSR count). The van der Waals surface area contributed by atoms with E-state index in [1.54, 1.807) is 31.2 Å². The summed E-state index contributed by atoms with van der Waals surface area (Å²) in [5.74, 6) is -1.19. The Balaban J connectivity index is 1.73. The summed E-state index contributed by atoms with van der Waals surface area (Å²) in [5.41, 5.74) is 0.721. The van der Waals surface area contributed by atoms with Crippen molar-refractivity contribution in [3.05, 3.63) is 64.9 Å². The standard InChI is InChI=1S/C23H26ClFN2O3/c1-16(23(29)26-18-9-3-4-10-18)27(14-17-8-2-5-11-19(17)24)22(28)15-30-21-13-7-6-12-20(21)25/h2,5-8,11-13,16,18H,3-4,9-10,14-15H2,1H3,(H,26,29)/t16-/m0/s1. The van der Waals surface area contributed by atoms with E-state index in [2.05, 4.69) is 5.32 Å². The molecule has 1 fully saturated rings. The third kappa shape index (κ3) is 5.72. The smallest absolute Gasteiger partial charge is 0.261 e. The van der Waals surface area contributed by atoms with Crippen molar-refractivity contribution in [2.24, 2.45) is 0 Å². The summed E-state index contributed by atoms with van der Waals surface area (Å²) in [7, 11) is 0. The second kappa shape index (κ2) is 10.4. The van der Waals surface area contributed by atoms with Crippen molar-refractivity contribution in [3.63, 3.8) is 0 Å². The maximum atomic E-state index is 13.8. The Hall–Kier alpha value is -2.60. The van der Waals surface area contributed by atoms with Crippen molar-refractivity contribution < 1.29 is 18.7 Å². The number of nitrogens with zero attached hydrogens (tertiary/aromatic N) is 1. The maximum Gasteiger partial charge on any atom is 0.261 e. The molecule has 0 unspecified atom stereocenters. The van der Waals surface area contributed by atoms with Crippen molar-refractivity contribution in [2.75, 3.05) is 6.61 Å². The van der Waals surface area contributed by atoms with E-state index in [1.165, 1.54) is 17.0 Å². The highest BCUT2D eigenvalue weighted by Crippen LogP contribution is 2.21. The van der Waals surface area contributed by atoms with Gasteiger partial charge in [-0.25, -0.2) is 4.39 Å². The van der Waals surface area contributed by atoms with Gasteiger partial charge in [-0.3, -0.25) is 9.59 Å². The average molecular weight is 433 g/mol. The van der Waals surface area contributed by atoms with E-state index in [9.17, 15) is 14.0 Å². The predicted octanol–water partition coefficient (Wildman–Crippen LogP) is 4.33. The third-order valence-corrected chi connectivity index (χ3v) is 5.72. The van der Waals surface area contributed by atoms with Crippen LogP contribution in [-0.4, -0.2) is 35.4 Å². The molecule has 5 nitrogen and oxygen atoms in total. The van der Waals surface area contributed by atoms with Crippen molar-refractivity contribution in [3.8, 4) is 5.75 Å². The topological polar surface area (TPSA) is 58.6 Å². The highest BCUT2D eigenvalue weighted by Gasteiger charge is 2.29. The molecule has 0 aliphatic heterocycles. The highest BCUT2D eigenvalue weighted by atomic mass is 35.5. The molecule has 1 saturated carbocycles. The van der Waals surface area contributed by atoms with Gasteiger partial charge in [0.15, 0.2) is 18.2 Å². The second-order valence-electron chi connectivity index (χ2n) is 7.50. The van der Waals surface area contributed by atoms with Gasteiger partial charge in [0.05, 0.1) is 0 Å². The summed E-state index contributed by atoms with van der Waals surface area (Å²) in [4.78, 5) is 27.2. The summed E-state index contributed by atoms with van der Waals surface area (Å²) in [6.07, 6.45) is 4.09. The van der Waals surface area contributed by atoms with Gasteiger partial charge in [0.25, 0.3) is 5.91 Å². The van der Waals surface area contributed by atoms with E-state index in [4.69, 9.17) is 16.3 Å². The van der Waals surface area contributed by atoms with Crippen LogP contribution in [0.1, 0.15) is 38.2 Å². The lowest BCUT2D eigenvalue weighted by Gasteiger charge is -2.30. The number of rotatable bonds is 8. The van der Waals surface area contributed by atoms with E-state index >= 15 is 0 Å². The molecule has 0 spiro atoms. The Bertz CT molecular complexity index is 886. The lowest BCUT2D eigenvalue weighted by atomic mass is 10.1. The fourth-order valence-electron chi connectivity index (χ4n) is 3.57. The van der Waals surface area contributed by atoms with Gasteiger partial charge in [0.1, 0.15) is 6.04 Å². The SMILES string of the molecule is C[C@@H](C(=O)NC1CCCC1)N(Cc1ccccc1Cl)C(=O)COc1ccccc1F.